The monoisotopic (exact) mass is 464 g/mol. The Balaban J connectivity index is 1.41. The first kappa shape index (κ1) is 21.8. The Morgan fingerprint density at radius 3 is 2.45 bits per heavy atom. The fourth-order valence-corrected chi connectivity index (χ4v) is 4.87. The highest BCUT2D eigenvalue weighted by Gasteiger charge is 2.23. The molecule has 0 saturated carbocycles. The van der Waals surface area contributed by atoms with Crippen LogP contribution in [-0.4, -0.2) is 43.0 Å². The number of benzene rings is 2. The van der Waals surface area contributed by atoms with E-state index in [-0.39, 0.29) is 11.1 Å². The van der Waals surface area contributed by atoms with Crippen molar-refractivity contribution in [3.63, 3.8) is 0 Å². The maximum Gasteiger partial charge on any atom is 0.247 e. The van der Waals surface area contributed by atoms with Crippen molar-refractivity contribution in [2.45, 2.75) is 43.1 Å². The first-order valence-electron chi connectivity index (χ1n) is 11.2. The van der Waals surface area contributed by atoms with Gasteiger partial charge in [-0.15, -0.1) is 20.4 Å². The van der Waals surface area contributed by atoms with Gasteiger partial charge in [0.15, 0.2) is 11.0 Å². The standard InChI is InChI=1S/C24H25FN6OS/c1-17(22-27-28-23(32-22)18-8-4-2-5-9-18)33-24-29-26-21(16-30-14-6-3-7-15-30)31(24)20-12-10-19(25)11-13-20/h2,4-5,8-13,17H,3,6-7,14-16H2,1H3. The minimum Gasteiger partial charge on any atom is -0.419 e. The van der Waals surface area contributed by atoms with Crippen molar-refractivity contribution in [1.29, 1.82) is 0 Å². The van der Waals surface area contributed by atoms with E-state index in [0.717, 1.165) is 30.2 Å². The van der Waals surface area contributed by atoms with Crippen molar-refractivity contribution >= 4 is 11.8 Å². The lowest BCUT2D eigenvalue weighted by molar-refractivity contribution is 0.214. The SMILES string of the molecule is CC(Sc1nnc(CN2CCCCC2)n1-c1ccc(F)cc1)c1nnc(-c2ccccc2)o1. The van der Waals surface area contributed by atoms with Crippen LogP contribution in [0.2, 0.25) is 0 Å². The van der Waals surface area contributed by atoms with Crippen LogP contribution in [0.5, 0.6) is 0 Å². The average Bonchev–Trinajstić information content (AvgIpc) is 3.49. The molecule has 4 aromatic rings. The Morgan fingerprint density at radius 2 is 1.70 bits per heavy atom. The fraction of sp³-hybridized carbons (Fsp3) is 0.333. The van der Waals surface area contributed by atoms with E-state index >= 15 is 0 Å². The lowest BCUT2D eigenvalue weighted by Gasteiger charge is -2.26. The number of nitrogens with zero attached hydrogens (tertiary/aromatic N) is 6. The molecule has 3 heterocycles. The zero-order chi connectivity index (χ0) is 22.6. The van der Waals surface area contributed by atoms with Gasteiger partial charge < -0.3 is 4.42 Å². The molecule has 0 bridgehead atoms. The summed E-state index contributed by atoms with van der Waals surface area (Å²) in [5, 5.41) is 18.0. The fourth-order valence-electron chi connectivity index (χ4n) is 3.95. The molecule has 7 nitrogen and oxygen atoms in total. The quantitative estimate of drug-likeness (QED) is 0.344. The van der Waals surface area contributed by atoms with Crippen LogP contribution in [0.3, 0.4) is 0 Å². The molecule has 33 heavy (non-hydrogen) atoms. The number of hydrogen-bond donors (Lipinski definition) is 0. The van der Waals surface area contributed by atoms with Gasteiger partial charge in [0.25, 0.3) is 0 Å². The van der Waals surface area contributed by atoms with E-state index < -0.39 is 0 Å². The minimum absolute atomic E-state index is 0.138. The predicted octanol–water partition coefficient (Wildman–Crippen LogP) is 5.30. The molecule has 5 rings (SSSR count). The van der Waals surface area contributed by atoms with Gasteiger partial charge in [0.2, 0.25) is 11.8 Å². The number of likely N-dealkylation sites (tertiary alicyclic amines) is 1. The number of hydrogen-bond acceptors (Lipinski definition) is 7. The zero-order valence-corrected chi connectivity index (χ0v) is 19.2. The van der Waals surface area contributed by atoms with Crippen LogP contribution in [0.4, 0.5) is 4.39 Å². The number of thioether (sulfide) groups is 1. The van der Waals surface area contributed by atoms with Gasteiger partial charge in [-0.3, -0.25) is 9.47 Å². The molecule has 1 aliphatic heterocycles. The Morgan fingerprint density at radius 1 is 0.939 bits per heavy atom. The first-order valence-corrected chi connectivity index (χ1v) is 12.0. The summed E-state index contributed by atoms with van der Waals surface area (Å²) in [5.74, 6) is 1.58. The maximum absolute atomic E-state index is 13.6. The topological polar surface area (TPSA) is 72.9 Å². The molecule has 9 heteroatoms. The van der Waals surface area contributed by atoms with Gasteiger partial charge in [0.05, 0.1) is 11.8 Å². The Kier molecular flexibility index (Phi) is 6.50. The summed E-state index contributed by atoms with van der Waals surface area (Å²) in [7, 11) is 0. The largest absolute Gasteiger partial charge is 0.419 e. The summed E-state index contributed by atoms with van der Waals surface area (Å²) >= 11 is 1.49. The zero-order valence-electron chi connectivity index (χ0n) is 18.4. The molecule has 1 aliphatic rings. The van der Waals surface area contributed by atoms with Crippen LogP contribution >= 0.6 is 11.8 Å². The highest BCUT2D eigenvalue weighted by atomic mass is 32.2. The number of aromatic nitrogens is 5. The molecule has 0 aliphatic carbocycles. The van der Waals surface area contributed by atoms with Crippen molar-refractivity contribution in [3.05, 3.63) is 72.1 Å². The molecule has 0 radical (unpaired) electrons. The molecule has 1 fully saturated rings. The third-order valence-corrected chi connectivity index (χ3v) is 6.72. The van der Waals surface area contributed by atoms with Crippen LogP contribution in [0.25, 0.3) is 17.1 Å². The van der Waals surface area contributed by atoms with Crippen molar-refractivity contribution in [1.82, 2.24) is 29.9 Å². The van der Waals surface area contributed by atoms with Gasteiger partial charge in [-0.1, -0.05) is 36.4 Å². The Hall–Kier alpha value is -3.04. The smallest absolute Gasteiger partial charge is 0.247 e. The van der Waals surface area contributed by atoms with E-state index in [4.69, 9.17) is 4.42 Å². The second-order valence-electron chi connectivity index (χ2n) is 8.12. The highest BCUT2D eigenvalue weighted by Crippen LogP contribution is 2.36. The predicted molar refractivity (Wildman–Crippen MR) is 124 cm³/mol. The average molecular weight is 465 g/mol. The third kappa shape index (κ3) is 4.99. The number of piperidine rings is 1. The molecule has 0 amide bonds. The van der Waals surface area contributed by atoms with Crippen LogP contribution < -0.4 is 0 Å². The molecule has 1 saturated heterocycles. The maximum atomic E-state index is 13.6. The molecule has 2 aromatic heterocycles. The minimum atomic E-state index is -0.272. The van der Waals surface area contributed by atoms with E-state index in [0.29, 0.717) is 23.5 Å². The molecule has 1 atom stereocenters. The van der Waals surface area contributed by atoms with Crippen molar-refractivity contribution < 1.29 is 8.81 Å². The summed E-state index contributed by atoms with van der Waals surface area (Å²) < 4.78 is 21.5. The second kappa shape index (κ2) is 9.84. The van der Waals surface area contributed by atoms with Gasteiger partial charge >= 0.3 is 0 Å². The molecule has 0 N–H and O–H groups in total. The van der Waals surface area contributed by atoms with Gasteiger partial charge in [0.1, 0.15) is 5.82 Å². The molecule has 170 valence electrons. The molecule has 2 aromatic carbocycles. The Bertz CT molecular complexity index is 1190. The van der Waals surface area contributed by atoms with Crippen LogP contribution in [-0.2, 0) is 6.54 Å². The van der Waals surface area contributed by atoms with E-state index in [9.17, 15) is 4.39 Å². The normalized spacial score (nSPS) is 15.6. The van der Waals surface area contributed by atoms with E-state index in [1.54, 1.807) is 12.1 Å². The second-order valence-corrected chi connectivity index (χ2v) is 9.43. The molecular weight excluding hydrogens is 439 g/mol. The molecule has 1 unspecified atom stereocenters. The van der Waals surface area contributed by atoms with Crippen molar-refractivity contribution in [3.8, 4) is 17.1 Å². The Labute approximate surface area is 196 Å². The van der Waals surface area contributed by atoms with Gasteiger partial charge in [-0.05, 0) is 69.3 Å². The van der Waals surface area contributed by atoms with Crippen LogP contribution in [0.15, 0.2) is 64.2 Å². The molecular formula is C24H25FN6OS. The first-order chi connectivity index (χ1) is 16.2. The number of rotatable bonds is 7. The van der Waals surface area contributed by atoms with Gasteiger partial charge in [0, 0.05) is 11.3 Å². The summed E-state index contributed by atoms with van der Waals surface area (Å²) in [6.45, 7) is 4.82. The van der Waals surface area contributed by atoms with E-state index in [1.807, 2.05) is 41.8 Å². The lowest BCUT2D eigenvalue weighted by atomic mass is 10.1. The van der Waals surface area contributed by atoms with Crippen LogP contribution in [0.1, 0.15) is 43.2 Å². The van der Waals surface area contributed by atoms with Gasteiger partial charge in [-0.25, -0.2) is 4.39 Å². The number of halogens is 1. The van der Waals surface area contributed by atoms with E-state index in [1.165, 1.54) is 43.2 Å². The summed E-state index contributed by atoms with van der Waals surface area (Å²) in [4.78, 5) is 2.40. The summed E-state index contributed by atoms with van der Waals surface area (Å²) in [5.41, 5.74) is 1.71. The van der Waals surface area contributed by atoms with E-state index in [2.05, 4.69) is 25.3 Å². The van der Waals surface area contributed by atoms with Gasteiger partial charge in [-0.2, -0.15) is 0 Å². The van der Waals surface area contributed by atoms with Crippen LogP contribution in [0, 0.1) is 5.82 Å². The third-order valence-electron chi connectivity index (χ3n) is 5.69. The lowest BCUT2D eigenvalue weighted by Crippen LogP contribution is -2.30. The highest BCUT2D eigenvalue weighted by molar-refractivity contribution is 7.99. The summed E-state index contributed by atoms with van der Waals surface area (Å²) in [6.07, 6.45) is 3.67. The summed E-state index contributed by atoms with van der Waals surface area (Å²) in [6, 6.07) is 16.1. The molecule has 0 spiro atoms. The van der Waals surface area contributed by atoms with Crippen molar-refractivity contribution in [2.24, 2.45) is 0 Å². The van der Waals surface area contributed by atoms with Crippen molar-refractivity contribution in [2.75, 3.05) is 13.1 Å².